The van der Waals surface area contributed by atoms with E-state index in [0.717, 1.165) is 25.1 Å². The summed E-state index contributed by atoms with van der Waals surface area (Å²) in [4.78, 5) is 6.01. The first-order valence-corrected chi connectivity index (χ1v) is 7.74. The van der Waals surface area contributed by atoms with Crippen molar-refractivity contribution in [3.05, 3.63) is 30.3 Å². The largest absolute Gasteiger partial charge is 0.479 e. The van der Waals surface area contributed by atoms with Crippen LogP contribution in [0.1, 0.15) is 40.5 Å². The van der Waals surface area contributed by atoms with Gasteiger partial charge in [0.05, 0.1) is 17.1 Å². The van der Waals surface area contributed by atoms with Crippen molar-refractivity contribution in [1.82, 2.24) is 5.06 Å². The van der Waals surface area contributed by atoms with Gasteiger partial charge in [0, 0.05) is 6.54 Å². The highest BCUT2D eigenvalue weighted by Crippen LogP contribution is 2.39. The molecular weight excluding hydrogens is 265 g/mol. The van der Waals surface area contributed by atoms with Crippen molar-refractivity contribution < 1.29 is 14.1 Å². The van der Waals surface area contributed by atoms with Gasteiger partial charge in [0.25, 0.3) is 0 Å². The van der Waals surface area contributed by atoms with Crippen molar-refractivity contribution in [3.63, 3.8) is 0 Å². The van der Waals surface area contributed by atoms with Crippen molar-refractivity contribution in [1.29, 1.82) is 0 Å². The molecule has 2 aliphatic heterocycles. The van der Waals surface area contributed by atoms with Gasteiger partial charge in [-0.15, -0.1) is 5.06 Å². The molecule has 0 saturated carbocycles. The first kappa shape index (κ1) is 14.9. The first-order chi connectivity index (χ1) is 9.89. The standard InChI is InChI=1S/C16H24BNO3/c1-15(2)16(3,4)21-17(20-15)14-11-8-12-18(14)19-13-9-6-5-7-10-13/h5-7,9-10,14H,8,11-12H2,1-4H3. The summed E-state index contributed by atoms with van der Waals surface area (Å²) in [5.74, 6) is 1.01. The van der Waals surface area contributed by atoms with Crippen LogP contribution < -0.4 is 4.84 Å². The molecule has 1 atom stereocenters. The molecule has 3 rings (SSSR count). The van der Waals surface area contributed by atoms with E-state index in [1.54, 1.807) is 0 Å². The second-order valence-corrected chi connectivity index (χ2v) is 6.88. The van der Waals surface area contributed by atoms with Gasteiger partial charge < -0.3 is 14.1 Å². The number of hydroxylamine groups is 2. The molecule has 2 saturated heterocycles. The van der Waals surface area contributed by atoms with E-state index in [4.69, 9.17) is 14.1 Å². The van der Waals surface area contributed by atoms with Crippen LogP contribution in [0.25, 0.3) is 0 Å². The van der Waals surface area contributed by atoms with E-state index in [2.05, 4.69) is 27.7 Å². The second-order valence-electron chi connectivity index (χ2n) is 6.88. The first-order valence-electron chi connectivity index (χ1n) is 7.74. The predicted molar refractivity (Wildman–Crippen MR) is 82.9 cm³/mol. The highest BCUT2D eigenvalue weighted by atomic mass is 16.7. The van der Waals surface area contributed by atoms with E-state index >= 15 is 0 Å². The molecule has 114 valence electrons. The Hall–Kier alpha value is -1.04. The van der Waals surface area contributed by atoms with Gasteiger partial charge >= 0.3 is 7.12 Å². The lowest BCUT2D eigenvalue weighted by Gasteiger charge is -2.32. The summed E-state index contributed by atoms with van der Waals surface area (Å²) in [6.45, 7) is 9.26. The molecule has 0 N–H and O–H groups in total. The van der Waals surface area contributed by atoms with Crippen molar-refractivity contribution in [2.75, 3.05) is 6.54 Å². The fourth-order valence-corrected chi connectivity index (χ4v) is 2.81. The molecular formula is C16H24BNO3. The summed E-state index contributed by atoms with van der Waals surface area (Å²) in [7, 11) is -0.235. The lowest BCUT2D eigenvalue weighted by atomic mass is 9.77. The maximum absolute atomic E-state index is 6.17. The Morgan fingerprint density at radius 1 is 1.10 bits per heavy atom. The lowest BCUT2D eigenvalue weighted by Crippen LogP contribution is -2.45. The molecule has 0 aliphatic carbocycles. The summed E-state index contributed by atoms with van der Waals surface area (Å²) in [5, 5.41) is 2.01. The number of para-hydroxylation sites is 1. The molecule has 1 aromatic carbocycles. The maximum Gasteiger partial charge on any atom is 0.479 e. The van der Waals surface area contributed by atoms with Crippen LogP contribution in [0.3, 0.4) is 0 Å². The zero-order chi connectivity index (χ0) is 15.1. The topological polar surface area (TPSA) is 30.9 Å². The Kier molecular flexibility index (Phi) is 3.76. The molecule has 0 spiro atoms. The summed E-state index contributed by atoms with van der Waals surface area (Å²) < 4.78 is 12.3. The van der Waals surface area contributed by atoms with Crippen LogP contribution >= 0.6 is 0 Å². The molecule has 21 heavy (non-hydrogen) atoms. The van der Waals surface area contributed by atoms with Crippen molar-refractivity contribution in [3.8, 4) is 5.75 Å². The molecule has 0 bridgehead atoms. The van der Waals surface area contributed by atoms with Gasteiger partial charge in [0.15, 0.2) is 0 Å². The van der Waals surface area contributed by atoms with Gasteiger partial charge in [-0.3, -0.25) is 0 Å². The van der Waals surface area contributed by atoms with Crippen molar-refractivity contribution in [2.24, 2.45) is 0 Å². The number of benzene rings is 1. The third kappa shape index (κ3) is 2.82. The average molecular weight is 289 g/mol. The minimum absolute atomic E-state index is 0.145. The Bertz CT molecular complexity index is 476. The number of hydrogen-bond acceptors (Lipinski definition) is 4. The van der Waals surface area contributed by atoms with Crippen molar-refractivity contribution >= 4 is 7.12 Å². The van der Waals surface area contributed by atoms with Crippen LogP contribution in [0.15, 0.2) is 30.3 Å². The van der Waals surface area contributed by atoms with Crippen LogP contribution in [0.4, 0.5) is 0 Å². The van der Waals surface area contributed by atoms with E-state index < -0.39 is 0 Å². The summed E-state index contributed by atoms with van der Waals surface area (Å²) in [6.07, 6.45) is 2.13. The Balaban J connectivity index is 1.71. The highest BCUT2D eigenvalue weighted by molar-refractivity contribution is 6.47. The molecule has 4 nitrogen and oxygen atoms in total. The Labute approximate surface area is 127 Å². The smallest absolute Gasteiger partial charge is 0.406 e. The minimum Gasteiger partial charge on any atom is -0.406 e. The van der Waals surface area contributed by atoms with Gasteiger partial charge in [0.2, 0.25) is 0 Å². The third-order valence-corrected chi connectivity index (χ3v) is 4.80. The second kappa shape index (κ2) is 5.31. The summed E-state index contributed by atoms with van der Waals surface area (Å²) in [6, 6.07) is 9.90. The Morgan fingerprint density at radius 2 is 1.71 bits per heavy atom. The summed E-state index contributed by atoms with van der Waals surface area (Å²) >= 11 is 0. The van der Waals surface area contributed by atoms with Gasteiger partial charge in [0.1, 0.15) is 5.75 Å². The van der Waals surface area contributed by atoms with Crippen LogP contribution in [-0.4, -0.2) is 35.9 Å². The van der Waals surface area contributed by atoms with Gasteiger partial charge in [-0.2, -0.15) is 0 Å². The zero-order valence-electron chi connectivity index (χ0n) is 13.3. The normalized spacial score (nSPS) is 28.0. The Morgan fingerprint density at radius 3 is 2.33 bits per heavy atom. The van der Waals surface area contributed by atoms with Crippen LogP contribution in [0.2, 0.25) is 0 Å². The third-order valence-electron chi connectivity index (χ3n) is 4.80. The molecule has 0 radical (unpaired) electrons. The fraction of sp³-hybridized carbons (Fsp3) is 0.625. The molecule has 2 aliphatic rings. The molecule has 5 heteroatoms. The van der Waals surface area contributed by atoms with E-state index in [9.17, 15) is 0 Å². The minimum atomic E-state index is -0.293. The van der Waals surface area contributed by atoms with Crippen LogP contribution in [0, 0.1) is 0 Å². The quantitative estimate of drug-likeness (QED) is 0.800. The average Bonchev–Trinajstić information content (AvgIpc) is 2.94. The SMILES string of the molecule is CC1(C)OB(C2CCCN2Oc2ccccc2)OC1(C)C. The van der Waals surface area contributed by atoms with Gasteiger partial charge in [-0.05, 0) is 52.7 Å². The molecule has 0 aromatic heterocycles. The zero-order valence-corrected chi connectivity index (χ0v) is 13.3. The number of rotatable bonds is 3. The van der Waals surface area contributed by atoms with Crippen molar-refractivity contribution in [2.45, 2.75) is 57.7 Å². The molecule has 1 aromatic rings. The highest BCUT2D eigenvalue weighted by Gasteiger charge is 2.56. The van der Waals surface area contributed by atoms with Gasteiger partial charge in [-0.25, -0.2) is 0 Å². The maximum atomic E-state index is 6.17. The van der Waals surface area contributed by atoms with Crippen LogP contribution in [-0.2, 0) is 9.31 Å². The molecule has 2 heterocycles. The van der Waals surface area contributed by atoms with E-state index in [1.165, 1.54) is 0 Å². The number of hydrogen-bond donors (Lipinski definition) is 0. The van der Waals surface area contributed by atoms with E-state index in [1.807, 2.05) is 35.4 Å². The number of nitrogens with zero attached hydrogens (tertiary/aromatic N) is 1. The fourth-order valence-electron chi connectivity index (χ4n) is 2.81. The van der Waals surface area contributed by atoms with E-state index in [0.29, 0.717) is 0 Å². The monoisotopic (exact) mass is 289 g/mol. The molecule has 0 amide bonds. The van der Waals surface area contributed by atoms with Crippen LogP contribution in [0.5, 0.6) is 5.75 Å². The molecule has 1 unspecified atom stereocenters. The molecule has 2 fully saturated rings. The lowest BCUT2D eigenvalue weighted by molar-refractivity contribution is -0.0570. The van der Waals surface area contributed by atoms with E-state index in [-0.39, 0.29) is 24.3 Å². The van der Waals surface area contributed by atoms with Gasteiger partial charge in [-0.1, -0.05) is 18.2 Å². The summed E-state index contributed by atoms with van der Waals surface area (Å²) in [5.41, 5.74) is -0.586. The predicted octanol–water partition coefficient (Wildman–Crippen LogP) is 3.08.